The number of hydrogen-bond donors (Lipinski definition) is 2. The van der Waals surface area contributed by atoms with Crippen molar-refractivity contribution in [1.82, 2.24) is 5.32 Å². The smallest absolute Gasteiger partial charge is 0.241 e. The molecular formula is C16H22ClN3O3. The maximum atomic E-state index is 12.1. The van der Waals surface area contributed by atoms with Crippen molar-refractivity contribution >= 4 is 35.6 Å². The zero-order valence-corrected chi connectivity index (χ0v) is 13.9. The SMILES string of the molecule is COc1cc(NC(=O)C2CCCN2)ccc1N1CCCC1=O.Cl. The van der Waals surface area contributed by atoms with E-state index in [0.29, 0.717) is 24.4 Å². The number of carbonyl (C=O) groups excluding carboxylic acids is 2. The van der Waals surface area contributed by atoms with Crippen LogP contribution in [0.25, 0.3) is 0 Å². The minimum Gasteiger partial charge on any atom is -0.494 e. The Labute approximate surface area is 142 Å². The second kappa shape index (κ2) is 7.66. The highest BCUT2D eigenvalue weighted by Gasteiger charge is 2.25. The molecule has 0 radical (unpaired) electrons. The Bertz CT molecular complexity index is 588. The van der Waals surface area contributed by atoms with Gasteiger partial charge in [0.2, 0.25) is 11.8 Å². The third-order valence-electron chi connectivity index (χ3n) is 4.19. The Morgan fingerprint density at radius 1 is 1.39 bits per heavy atom. The number of nitrogens with one attached hydrogen (secondary N) is 2. The molecule has 2 fully saturated rings. The van der Waals surface area contributed by atoms with Crippen molar-refractivity contribution in [3.8, 4) is 5.75 Å². The molecule has 0 bridgehead atoms. The van der Waals surface area contributed by atoms with Crippen LogP contribution in [0.4, 0.5) is 11.4 Å². The number of hydrogen-bond acceptors (Lipinski definition) is 4. The summed E-state index contributed by atoms with van der Waals surface area (Å²) in [5.41, 5.74) is 1.45. The number of rotatable bonds is 4. The van der Waals surface area contributed by atoms with Crippen LogP contribution < -0.4 is 20.3 Å². The average Bonchev–Trinajstić information content (AvgIpc) is 3.18. The molecule has 7 heteroatoms. The van der Waals surface area contributed by atoms with Gasteiger partial charge in [0.05, 0.1) is 18.8 Å². The van der Waals surface area contributed by atoms with Crippen LogP contribution >= 0.6 is 12.4 Å². The zero-order chi connectivity index (χ0) is 15.5. The number of benzene rings is 1. The van der Waals surface area contributed by atoms with Gasteiger partial charge in [0.25, 0.3) is 0 Å². The fourth-order valence-electron chi connectivity index (χ4n) is 3.02. The van der Waals surface area contributed by atoms with Crippen molar-refractivity contribution in [1.29, 1.82) is 0 Å². The highest BCUT2D eigenvalue weighted by molar-refractivity contribution is 5.98. The third kappa shape index (κ3) is 3.76. The van der Waals surface area contributed by atoms with Crippen LogP contribution in [-0.2, 0) is 9.59 Å². The van der Waals surface area contributed by atoms with Gasteiger partial charge in [-0.25, -0.2) is 0 Å². The van der Waals surface area contributed by atoms with Crippen LogP contribution in [0.3, 0.4) is 0 Å². The number of methoxy groups -OCH3 is 1. The molecule has 0 aromatic heterocycles. The zero-order valence-electron chi connectivity index (χ0n) is 13.1. The highest BCUT2D eigenvalue weighted by Crippen LogP contribution is 2.33. The summed E-state index contributed by atoms with van der Waals surface area (Å²) < 4.78 is 5.39. The number of carbonyl (C=O) groups is 2. The minimum atomic E-state index is -0.120. The summed E-state index contributed by atoms with van der Waals surface area (Å²) in [5, 5.41) is 6.07. The van der Waals surface area contributed by atoms with Gasteiger partial charge in [-0.2, -0.15) is 0 Å². The normalized spacial score (nSPS) is 20.3. The fraction of sp³-hybridized carbons (Fsp3) is 0.500. The van der Waals surface area contributed by atoms with E-state index in [1.54, 1.807) is 18.1 Å². The summed E-state index contributed by atoms with van der Waals surface area (Å²) >= 11 is 0. The van der Waals surface area contributed by atoms with E-state index in [1.807, 2.05) is 12.1 Å². The molecule has 126 valence electrons. The fourth-order valence-corrected chi connectivity index (χ4v) is 3.02. The first-order valence-corrected chi connectivity index (χ1v) is 7.71. The molecular weight excluding hydrogens is 318 g/mol. The van der Waals surface area contributed by atoms with Gasteiger partial charge in [-0.15, -0.1) is 12.4 Å². The lowest BCUT2D eigenvalue weighted by molar-refractivity contribution is -0.118. The summed E-state index contributed by atoms with van der Waals surface area (Å²) in [4.78, 5) is 25.7. The maximum absolute atomic E-state index is 12.1. The summed E-state index contributed by atoms with van der Waals surface area (Å²) in [6.07, 6.45) is 3.34. The summed E-state index contributed by atoms with van der Waals surface area (Å²) in [6, 6.07) is 5.30. The van der Waals surface area contributed by atoms with Crippen molar-refractivity contribution in [3.05, 3.63) is 18.2 Å². The predicted molar refractivity (Wildman–Crippen MR) is 91.5 cm³/mol. The van der Waals surface area contributed by atoms with Gasteiger partial charge in [-0.05, 0) is 37.9 Å². The van der Waals surface area contributed by atoms with Crippen LogP contribution in [0.2, 0.25) is 0 Å². The lowest BCUT2D eigenvalue weighted by Crippen LogP contribution is -2.35. The van der Waals surface area contributed by atoms with Crippen LogP contribution in [0.15, 0.2) is 18.2 Å². The molecule has 23 heavy (non-hydrogen) atoms. The van der Waals surface area contributed by atoms with Crippen molar-refractivity contribution in [2.75, 3.05) is 30.4 Å². The molecule has 2 heterocycles. The van der Waals surface area contributed by atoms with Gasteiger partial charge >= 0.3 is 0 Å². The Morgan fingerprint density at radius 2 is 2.22 bits per heavy atom. The molecule has 0 spiro atoms. The third-order valence-corrected chi connectivity index (χ3v) is 4.19. The maximum Gasteiger partial charge on any atom is 0.241 e. The number of halogens is 1. The van der Waals surface area contributed by atoms with E-state index in [1.165, 1.54) is 0 Å². The van der Waals surface area contributed by atoms with E-state index in [2.05, 4.69) is 10.6 Å². The van der Waals surface area contributed by atoms with Gasteiger partial charge in [0, 0.05) is 24.7 Å². The highest BCUT2D eigenvalue weighted by atomic mass is 35.5. The lowest BCUT2D eigenvalue weighted by atomic mass is 10.2. The number of amides is 2. The first-order valence-electron chi connectivity index (χ1n) is 7.71. The minimum absolute atomic E-state index is 0. The van der Waals surface area contributed by atoms with Gasteiger partial charge < -0.3 is 20.3 Å². The molecule has 0 aliphatic carbocycles. The van der Waals surface area contributed by atoms with Crippen LogP contribution in [0, 0.1) is 0 Å². The topological polar surface area (TPSA) is 70.7 Å². The quantitative estimate of drug-likeness (QED) is 0.879. The Balaban J connectivity index is 0.00000192. The van der Waals surface area contributed by atoms with E-state index in [0.717, 1.165) is 31.5 Å². The van der Waals surface area contributed by atoms with E-state index in [-0.39, 0.29) is 30.3 Å². The molecule has 2 amide bonds. The number of ether oxygens (including phenoxy) is 1. The van der Waals surface area contributed by atoms with Crippen molar-refractivity contribution < 1.29 is 14.3 Å². The van der Waals surface area contributed by atoms with Gasteiger partial charge in [0.15, 0.2) is 0 Å². The van der Waals surface area contributed by atoms with Crippen LogP contribution in [0.1, 0.15) is 25.7 Å². The van der Waals surface area contributed by atoms with Crippen LogP contribution in [0.5, 0.6) is 5.75 Å². The van der Waals surface area contributed by atoms with Gasteiger partial charge in [0.1, 0.15) is 5.75 Å². The monoisotopic (exact) mass is 339 g/mol. The van der Waals surface area contributed by atoms with Crippen molar-refractivity contribution in [2.24, 2.45) is 0 Å². The molecule has 2 N–H and O–H groups in total. The van der Waals surface area contributed by atoms with E-state index >= 15 is 0 Å². The first-order chi connectivity index (χ1) is 10.7. The first kappa shape index (κ1) is 17.6. The number of anilines is 2. The Morgan fingerprint density at radius 3 is 2.83 bits per heavy atom. The van der Waals surface area contributed by atoms with Crippen molar-refractivity contribution in [3.63, 3.8) is 0 Å². The lowest BCUT2D eigenvalue weighted by Gasteiger charge is -2.20. The summed E-state index contributed by atoms with van der Waals surface area (Å²) in [7, 11) is 1.57. The molecule has 6 nitrogen and oxygen atoms in total. The molecule has 1 atom stereocenters. The van der Waals surface area contributed by atoms with Crippen molar-refractivity contribution in [2.45, 2.75) is 31.7 Å². The Hall–Kier alpha value is -1.79. The standard InChI is InChI=1S/C16H21N3O3.ClH/c1-22-14-10-11(18-16(21)12-4-2-8-17-12)6-7-13(14)19-9-3-5-15(19)20;/h6-7,10,12,17H,2-5,8-9H2,1H3,(H,18,21);1H. The molecule has 1 aromatic carbocycles. The molecule has 3 rings (SSSR count). The number of nitrogens with zero attached hydrogens (tertiary/aromatic N) is 1. The molecule has 0 saturated carbocycles. The average molecular weight is 340 g/mol. The second-order valence-electron chi connectivity index (χ2n) is 5.67. The van der Waals surface area contributed by atoms with E-state index < -0.39 is 0 Å². The summed E-state index contributed by atoms with van der Waals surface area (Å²) in [6.45, 7) is 1.60. The second-order valence-corrected chi connectivity index (χ2v) is 5.67. The molecule has 1 unspecified atom stereocenters. The molecule has 2 saturated heterocycles. The van der Waals surface area contributed by atoms with E-state index in [9.17, 15) is 9.59 Å². The van der Waals surface area contributed by atoms with Gasteiger partial charge in [-0.3, -0.25) is 9.59 Å². The molecule has 1 aromatic rings. The predicted octanol–water partition coefficient (Wildman–Crippen LogP) is 1.93. The largest absolute Gasteiger partial charge is 0.494 e. The Kier molecular flexibility index (Phi) is 5.85. The summed E-state index contributed by atoms with van der Waals surface area (Å²) in [5.74, 6) is 0.697. The molecule has 2 aliphatic heterocycles. The van der Waals surface area contributed by atoms with E-state index in [4.69, 9.17) is 4.74 Å². The molecule has 2 aliphatic rings. The van der Waals surface area contributed by atoms with Crippen LogP contribution in [-0.4, -0.2) is 38.1 Å². The van der Waals surface area contributed by atoms with Gasteiger partial charge in [-0.1, -0.05) is 0 Å².